The minimum atomic E-state index is -0.630. The van der Waals surface area contributed by atoms with Crippen molar-refractivity contribution in [1.29, 1.82) is 0 Å². The van der Waals surface area contributed by atoms with Crippen molar-refractivity contribution in [2.75, 3.05) is 5.43 Å². The fourth-order valence-electron chi connectivity index (χ4n) is 7.79. The van der Waals surface area contributed by atoms with Crippen molar-refractivity contribution in [1.82, 2.24) is 0 Å². The molecule has 0 saturated heterocycles. The van der Waals surface area contributed by atoms with Crippen molar-refractivity contribution in [2.24, 2.45) is 40.1 Å². The quantitative estimate of drug-likeness (QED) is 0.265. The predicted octanol–water partition coefficient (Wildman–Crippen LogP) is 8.29. The van der Waals surface area contributed by atoms with Crippen molar-refractivity contribution in [3.8, 4) is 0 Å². The van der Waals surface area contributed by atoms with Crippen molar-refractivity contribution in [2.45, 2.75) is 92.4 Å². The Morgan fingerprint density at radius 1 is 1.08 bits per heavy atom. The lowest BCUT2D eigenvalue weighted by atomic mass is 9.55. The number of hydrazone groups is 1. The number of anilines is 1. The summed E-state index contributed by atoms with van der Waals surface area (Å²) in [5.41, 5.74) is 6.48. The standard InChI is InChI=1S/C29H42N4O4/c1-18(2)7-6-8-19(3)24-11-12-25-23-10-14-26(20(4)22(23)15-16-29(24,25)5)30-31-27-13-9-21(32(34)35)17-28(27)33(36)37/h9,13,17-19,23-25,31H,6-8,10-12,14-16H2,1-5H3/b30-26+/t19-,23-,24+,25+,29-/m1/s1. The zero-order valence-electron chi connectivity index (χ0n) is 23.0. The highest BCUT2D eigenvalue weighted by atomic mass is 16.6. The molecule has 0 heterocycles. The Kier molecular flexibility index (Phi) is 8.05. The maximum Gasteiger partial charge on any atom is 0.301 e. The van der Waals surface area contributed by atoms with E-state index < -0.39 is 9.85 Å². The molecule has 202 valence electrons. The van der Waals surface area contributed by atoms with E-state index in [1.165, 1.54) is 61.8 Å². The van der Waals surface area contributed by atoms with Gasteiger partial charge in [0, 0.05) is 6.07 Å². The van der Waals surface area contributed by atoms with E-state index in [-0.39, 0.29) is 17.1 Å². The predicted molar refractivity (Wildman–Crippen MR) is 148 cm³/mol. The molecule has 8 heteroatoms. The van der Waals surface area contributed by atoms with Crippen LogP contribution in [0.3, 0.4) is 0 Å². The van der Waals surface area contributed by atoms with Gasteiger partial charge in [0.15, 0.2) is 0 Å². The molecule has 2 fully saturated rings. The second-order valence-electron chi connectivity index (χ2n) is 12.3. The highest BCUT2D eigenvalue weighted by Crippen LogP contribution is 2.63. The Balaban J connectivity index is 1.49. The second kappa shape index (κ2) is 10.9. The van der Waals surface area contributed by atoms with E-state index in [4.69, 9.17) is 0 Å². The van der Waals surface area contributed by atoms with Gasteiger partial charge in [-0.05, 0) is 92.1 Å². The van der Waals surface area contributed by atoms with Crippen LogP contribution in [0.5, 0.6) is 0 Å². The van der Waals surface area contributed by atoms with Crippen LogP contribution in [0, 0.1) is 55.2 Å². The van der Waals surface area contributed by atoms with Gasteiger partial charge in [-0.2, -0.15) is 5.10 Å². The van der Waals surface area contributed by atoms with Gasteiger partial charge in [0.1, 0.15) is 5.69 Å². The molecule has 0 amide bonds. The number of rotatable bonds is 9. The smallest absolute Gasteiger partial charge is 0.271 e. The van der Waals surface area contributed by atoms with Gasteiger partial charge in [-0.15, -0.1) is 0 Å². The number of hydrogen-bond donors (Lipinski definition) is 1. The third kappa shape index (κ3) is 5.43. The van der Waals surface area contributed by atoms with E-state index in [0.717, 1.165) is 54.7 Å². The van der Waals surface area contributed by atoms with Gasteiger partial charge in [0.25, 0.3) is 5.69 Å². The van der Waals surface area contributed by atoms with Crippen LogP contribution < -0.4 is 5.43 Å². The summed E-state index contributed by atoms with van der Waals surface area (Å²) in [6.45, 7) is 11.8. The first-order valence-corrected chi connectivity index (χ1v) is 14.0. The molecular weight excluding hydrogens is 468 g/mol. The van der Waals surface area contributed by atoms with E-state index in [2.05, 4.69) is 45.1 Å². The lowest BCUT2D eigenvalue weighted by molar-refractivity contribution is -0.393. The molecular formula is C29H42N4O4. The van der Waals surface area contributed by atoms with Gasteiger partial charge in [-0.25, -0.2) is 0 Å². The molecule has 0 spiro atoms. The number of allylic oxidation sites excluding steroid dienone is 2. The molecule has 5 atom stereocenters. The first-order valence-electron chi connectivity index (χ1n) is 14.0. The molecule has 3 aliphatic carbocycles. The summed E-state index contributed by atoms with van der Waals surface area (Å²) in [5, 5.41) is 27.1. The Labute approximate surface area is 220 Å². The lowest BCUT2D eigenvalue weighted by Gasteiger charge is -2.49. The molecule has 1 aromatic rings. The van der Waals surface area contributed by atoms with Gasteiger partial charge >= 0.3 is 5.69 Å². The maximum absolute atomic E-state index is 11.5. The van der Waals surface area contributed by atoms with Crippen LogP contribution in [0.4, 0.5) is 17.1 Å². The molecule has 0 aliphatic heterocycles. The maximum atomic E-state index is 11.5. The summed E-state index contributed by atoms with van der Waals surface area (Å²) in [7, 11) is 0. The molecule has 4 rings (SSSR count). The second-order valence-corrected chi connectivity index (χ2v) is 12.3. The van der Waals surface area contributed by atoms with Gasteiger partial charge in [-0.1, -0.05) is 52.5 Å². The van der Waals surface area contributed by atoms with Crippen LogP contribution in [-0.2, 0) is 0 Å². The Morgan fingerprint density at radius 3 is 2.51 bits per heavy atom. The normalized spacial score (nSPS) is 29.2. The number of nitro benzene ring substituents is 2. The molecule has 1 aromatic carbocycles. The zero-order chi connectivity index (χ0) is 26.9. The number of nitro groups is 2. The van der Waals surface area contributed by atoms with Crippen LogP contribution in [0.15, 0.2) is 34.4 Å². The lowest BCUT2D eigenvalue weighted by Crippen LogP contribution is -2.42. The molecule has 0 aromatic heterocycles. The number of nitrogens with one attached hydrogen (secondary N) is 1. The first-order chi connectivity index (χ1) is 17.5. The van der Waals surface area contributed by atoms with Crippen LogP contribution >= 0.6 is 0 Å². The average molecular weight is 511 g/mol. The third-order valence-electron chi connectivity index (χ3n) is 9.78. The minimum absolute atomic E-state index is 0.171. The number of nitrogens with zero attached hydrogens (tertiary/aromatic N) is 3. The van der Waals surface area contributed by atoms with E-state index in [1.54, 1.807) is 0 Å². The van der Waals surface area contributed by atoms with E-state index in [1.807, 2.05) is 0 Å². The molecule has 37 heavy (non-hydrogen) atoms. The summed E-state index contributed by atoms with van der Waals surface area (Å²) in [5.74, 6) is 3.71. The van der Waals surface area contributed by atoms with Gasteiger partial charge in [-0.3, -0.25) is 25.7 Å². The van der Waals surface area contributed by atoms with E-state index in [0.29, 0.717) is 11.3 Å². The summed E-state index contributed by atoms with van der Waals surface area (Å²) < 4.78 is 0. The largest absolute Gasteiger partial charge is 0.301 e. The minimum Gasteiger partial charge on any atom is -0.271 e. The summed E-state index contributed by atoms with van der Waals surface area (Å²) in [6, 6.07) is 3.61. The Bertz CT molecular complexity index is 1110. The van der Waals surface area contributed by atoms with Gasteiger partial charge in [0.05, 0.1) is 21.6 Å². The fourth-order valence-corrected chi connectivity index (χ4v) is 7.79. The van der Waals surface area contributed by atoms with E-state index in [9.17, 15) is 20.2 Å². The molecule has 3 aliphatic rings. The highest BCUT2D eigenvalue weighted by molar-refractivity contribution is 6.01. The number of benzene rings is 1. The van der Waals surface area contributed by atoms with Crippen LogP contribution in [0.1, 0.15) is 92.4 Å². The Hall–Kier alpha value is -2.77. The van der Waals surface area contributed by atoms with Crippen molar-refractivity contribution in [3.05, 3.63) is 49.6 Å². The van der Waals surface area contributed by atoms with Crippen LogP contribution in [0.2, 0.25) is 0 Å². The van der Waals surface area contributed by atoms with Crippen molar-refractivity contribution >= 4 is 22.8 Å². The van der Waals surface area contributed by atoms with Crippen LogP contribution in [0.25, 0.3) is 0 Å². The summed E-state index contributed by atoms with van der Waals surface area (Å²) in [6.07, 6.45) is 10.9. The van der Waals surface area contributed by atoms with E-state index >= 15 is 0 Å². The molecule has 1 N–H and O–H groups in total. The van der Waals surface area contributed by atoms with Gasteiger partial charge in [0.2, 0.25) is 0 Å². The molecule has 8 nitrogen and oxygen atoms in total. The fraction of sp³-hybridized carbons (Fsp3) is 0.690. The number of non-ortho nitro benzene ring substituents is 1. The molecule has 2 saturated carbocycles. The number of hydrogen-bond acceptors (Lipinski definition) is 6. The zero-order valence-corrected chi connectivity index (χ0v) is 23.0. The monoisotopic (exact) mass is 510 g/mol. The molecule has 0 unspecified atom stereocenters. The van der Waals surface area contributed by atoms with Crippen molar-refractivity contribution < 1.29 is 9.85 Å². The molecule has 0 bridgehead atoms. The average Bonchev–Trinajstić information content (AvgIpc) is 3.20. The van der Waals surface area contributed by atoms with Crippen LogP contribution in [-0.4, -0.2) is 15.6 Å². The number of fused-ring (bicyclic) bond motifs is 3. The SMILES string of the molecule is CC1=C2CC[C@]3(C)[C@H]([C@H](C)CCCC(C)C)CC[C@H]3[C@@H]2CC/C1=N\Nc1ccc([N+](=O)[O-])cc1[N+](=O)[O-]. The van der Waals surface area contributed by atoms with Crippen molar-refractivity contribution in [3.63, 3.8) is 0 Å². The van der Waals surface area contributed by atoms with Gasteiger partial charge < -0.3 is 0 Å². The summed E-state index contributed by atoms with van der Waals surface area (Å²) >= 11 is 0. The topological polar surface area (TPSA) is 111 Å². The third-order valence-corrected chi connectivity index (χ3v) is 9.78. The summed E-state index contributed by atoms with van der Waals surface area (Å²) in [4.78, 5) is 21.3. The molecule has 0 radical (unpaired) electrons. The first kappa shape index (κ1) is 27.3. The highest BCUT2D eigenvalue weighted by Gasteiger charge is 2.54. The Morgan fingerprint density at radius 2 is 1.84 bits per heavy atom.